The lowest BCUT2D eigenvalue weighted by atomic mass is 9.90. The minimum Gasteiger partial charge on any atom is -0.396 e. The second-order valence-corrected chi connectivity index (χ2v) is 6.29. The van der Waals surface area contributed by atoms with Gasteiger partial charge in [0.25, 0.3) is 0 Å². The van der Waals surface area contributed by atoms with Crippen LogP contribution >= 0.6 is 0 Å². The van der Waals surface area contributed by atoms with E-state index in [9.17, 15) is 14.0 Å². The first-order valence-corrected chi connectivity index (χ1v) is 7.72. The van der Waals surface area contributed by atoms with Gasteiger partial charge in [-0.25, -0.2) is 4.39 Å². The van der Waals surface area contributed by atoms with E-state index in [1.54, 1.807) is 32.0 Å². The smallest absolute Gasteiger partial charge is 0.220 e. The van der Waals surface area contributed by atoms with E-state index in [-0.39, 0.29) is 37.1 Å². The molecular formula is C17H25FN2O3. The zero-order valence-electron chi connectivity index (χ0n) is 13.7. The number of aliphatic hydroxyl groups excluding tert-OH is 1. The Morgan fingerprint density at radius 3 is 2.35 bits per heavy atom. The number of hydrogen-bond acceptors (Lipinski definition) is 3. The van der Waals surface area contributed by atoms with Gasteiger partial charge >= 0.3 is 0 Å². The molecule has 1 aromatic carbocycles. The number of halogens is 1. The molecule has 1 aromatic rings. The number of hydrogen-bond donors (Lipinski definition) is 3. The molecule has 0 radical (unpaired) electrons. The zero-order valence-corrected chi connectivity index (χ0v) is 13.7. The molecule has 0 saturated carbocycles. The lowest BCUT2D eigenvalue weighted by molar-refractivity contribution is -0.124. The number of nitrogens with one attached hydrogen (secondary N) is 2. The number of aryl methyl sites for hydroxylation is 1. The summed E-state index contributed by atoms with van der Waals surface area (Å²) in [6.07, 6.45) is 0.771. The van der Waals surface area contributed by atoms with Crippen molar-refractivity contribution in [3.8, 4) is 0 Å². The zero-order chi connectivity index (χ0) is 17.3. The van der Waals surface area contributed by atoms with Gasteiger partial charge in [-0.3, -0.25) is 9.59 Å². The molecular weight excluding hydrogens is 299 g/mol. The lowest BCUT2D eigenvalue weighted by Gasteiger charge is -2.20. The molecule has 0 aliphatic heterocycles. The fourth-order valence-corrected chi connectivity index (χ4v) is 1.99. The molecule has 0 fully saturated rings. The maximum atomic E-state index is 13.4. The van der Waals surface area contributed by atoms with Gasteiger partial charge in [0, 0.05) is 32.5 Å². The van der Waals surface area contributed by atoms with Gasteiger partial charge in [0.1, 0.15) is 5.82 Å². The fourth-order valence-electron chi connectivity index (χ4n) is 1.99. The highest BCUT2D eigenvalue weighted by Crippen LogP contribution is 2.18. The Bertz CT molecular complexity index is 532. The van der Waals surface area contributed by atoms with Gasteiger partial charge < -0.3 is 15.7 Å². The molecule has 0 aliphatic carbocycles. The standard InChI is InChI=1S/C17H25FN2O3/c1-17(2,12-21)11-16(23)20-10-9-19-15(22)8-7-13-5-3-4-6-14(13)18/h3-6,21H,7-12H2,1-2H3,(H,19,22)(H,20,23). The first-order valence-electron chi connectivity index (χ1n) is 7.72. The molecule has 0 heterocycles. The van der Waals surface area contributed by atoms with Crippen LogP contribution < -0.4 is 10.6 Å². The number of carbonyl (C=O) groups is 2. The Kier molecular flexibility index (Phi) is 7.68. The Balaban J connectivity index is 2.17. The summed E-state index contributed by atoms with van der Waals surface area (Å²) in [5.41, 5.74) is 0.0646. The SMILES string of the molecule is CC(C)(CO)CC(=O)NCCNC(=O)CCc1ccccc1F. The predicted octanol–water partition coefficient (Wildman–Crippen LogP) is 1.40. The van der Waals surface area contributed by atoms with Crippen molar-refractivity contribution in [1.29, 1.82) is 0 Å². The van der Waals surface area contributed by atoms with Crippen molar-refractivity contribution in [2.75, 3.05) is 19.7 Å². The largest absolute Gasteiger partial charge is 0.396 e. The predicted molar refractivity (Wildman–Crippen MR) is 86.2 cm³/mol. The number of aliphatic hydroxyl groups is 1. The topological polar surface area (TPSA) is 78.4 Å². The summed E-state index contributed by atoms with van der Waals surface area (Å²) in [6.45, 7) is 4.19. The molecule has 5 nitrogen and oxygen atoms in total. The van der Waals surface area contributed by atoms with Crippen molar-refractivity contribution < 1.29 is 19.1 Å². The molecule has 0 saturated heterocycles. The van der Waals surface area contributed by atoms with Crippen LogP contribution in [0.2, 0.25) is 0 Å². The quantitative estimate of drug-likeness (QED) is 0.601. The highest BCUT2D eigenvalue weighted by atomic mass is 19.1. The summed E-state index contributed by atoms with van der Waals surface area (Å²) in [5, 5.41) is 14.5. The average Bonchev–Trinajstić information content (AvgIpc) is 2.50. The van der Waals surface area contributed by atoms with E-state index < -0.39 is 5.41 Å². The Labute approximate surface area is 136 Å². The van der Waals surface area contributed by atoms with Crippen LogP contribution in [0, 0.1) is 11.2 Å². The molecule has 0 aromatic heterocycles. The summed E-state index contributed by atoms with van der Waals surface area (Å²) < 4.78 is 13.4. The van der Waals surface area contributed by atoms with Crippen LogP contribution in [0.1, 0.15) is 32.3 Å². The summed E-state index contributed by atoms with van der Waals surface area (Å²) in [4.78, 5) is 23.3. The molecule has 3 N–H and O–H groups in total. The minimum atomic E-state index is -0.451. The third-order valence-corrected chi connectivity index (χ3v) is 3.42. The van der Waals surface area contributed by atoms with Crippen molar-refractivity contribution in [2.45, 2.75) is 33.1 Å². The van der Waals surface area contributed by atoms with E-state index in [1.165, 1.54) is 6.07 Å². The Morgan fingerprint density at radius 2 is 1.74 bits per heavy atom. The van der Waals surface area contributed by atoms with Crippen molar-refractivity contribution in [2.24, 2.45) is 5.41 Å². The summed E-state index contributed by atoms with van der Waals surface area (Å²) in [6, 6.07) is 6.38. The van der Waals surface area contributed by atoms with E-state index in [2.05, 4.69) is 10.6 Å². The molecule has 1 rings (SSSR count). The minimum absolute atomic E-state index is 0.0623. The van der Waals surface area contributed by atoms with Crippen LogP contribution in [0.15, 0.2) is 24.3 Å². The second-order valence-electron chi connectivity index (χ2n) is 6.29. The average molecular weight is 324 g/mol. The van der Waals surface area contributed by atoms with Gasteiger partial charge in [0.05, 0.1) is 0 Å². The molecule has 23 heavy (non-hydrogen) atoms. The van der Waals surface area contributed by atoms with Gasteiger partial charge in [-0.15, -0.1) is 0 Å². The molecule has 0 spiro atoms. The molecule has 0 bridgehead atoms. The van der Waals surface area contributed by atoms with E-state index in [0.717, 1.165) is 0 Å². The highest BCUT2D eigenvalue weighted by Gasteiger charge is 2.20. The third-order valence-electron chi connectivity index (χ3n) is 3.42. The molecule has 0 atom stereocenters. The number of amides is 2. The third kappa shape index (κ3) is 7.74. The fraction of sp³-hybridized carbons (Fsp3) is 0.529. The van der Waals surface area contributed by atoms with Gasteiger partial charge in [-0.05, 0) is 23.5 Å². The molecule has 6 heteroatoms. The van der Waals surface area contributed by atoms with E-state index in [1.807, 2.05) is 0 Å². The first kappa shape index (κ1) is 19.1. The van der Waals surface area contributed by atoms with Gasteiger partial charge in [0.2, 0.25) is 11.8 Å². The van der Waals surface area contributed by atoms with Crippen LogP contribution in [-0.2, 0) is 16.0 Å². The van der Waals surface area contributed by atoms with Gasteiger partial charge in [0.15, 0.2) is 0 Å². The van der Waals surface area contributed by atoms with Crippen molar-refractivity contribution >= 4 is 11.8 Å². The number of benzene rings is 1. The normalized spacial score (nSPS) is 11.1. The first-order chi connectivity index (χ1) is 10.8. The van der Waals surface area contributed by atoms with E-state index >= 15 is 0 Å². The summed E-state index contributed by atoms with van der Waals surface area (Å²) >= 11 is 0. The van der Waals surface area contributed by atoms with Gasteiger partial charge in [-0.2, -0.15) is 0 Å². The Hall–Kier alpha value is -1.95. The van der Waals surface area contributed by atoms with E-state index in [0.29, 0.717) is 25.1 Å². The van der Waals surface area contributed by atoms with Crippen LogP contribution in [0.25, 0.3) is 0 Å². The second kappa shape index (κ2) is 9.25. The molecule has 0 unspecified atom stereocenters. The summed E-state index contributed by atoms with van der Waals surface area (Å²) in [7, 11) is 0. The number of carbonyl (C=O) groups excluding carboxylic acids is 2. The Morgan fingerprint density at radius 1 is 1.13 bits per heavy atom. The highest BCUT2D eigenvalue weighted by molar-refractivity contribution is 5.77. The van der Waals surface area contributed by atoms with Gasteiger partial charge in [-0.1, -0.05) is 32.0 Å². The lowest BCUT2D eigenvalue weighted by Crippen LogP contribution is -2.37. The maximum absolute atomic E-state index is 13.4. The van der Waals surface area contributed by atoms with Crippen LogP contribution in [0.3, 0.4) is 0 Å². The summed E-state index contributed by atoms with van der Waals surface area (Å²) in [5.74, 6) is -0.651. The van der Waals surface area contributed by atoms with E-state index in [4.69, 9.17) is 5.11 Å². The molecule has 128 valence electrons. The number of rotatable bonds is 9. The van der Waals surface area contributed by atoms with Crippen molar-refractivity contribution in [1.82, 2.24) is 10.6 Å². The monoisotopic (exact) mass is 324 g/mol. The molecule has 2 amide bonds. The maximum Gasteiger partial charge on any atom is 0.220 e. The van der Waals surface area contributed by atoms with Crippen molar-refractivity contribution in [3.63, 3.8) is 0 Å². The van der Waals surface area contributed by atoms with Crippen LogP contribution in [-0.4, -0.2) is 36.6 Å². The van der Waals surface area contributed by atoms with Crippen molar-refractivity contribution in [3.05, 3.63) is 35.6 Å². The molecule has 0 aliphatic rings. The van der Waals surface area contributed by atoms with Crippen LogP contribution in [0.5, 0.6) is 0 Å². The van der Waals surface area contributed by atoms with Crippen LogP contribution in [0.4, 0.5) is 4.39 Å².